The normalized spacial score (nSPS) is 46.9. The summed E-state index contributed by atoms with van der Waals surface area (Å²) in [5.41, 5.74) is 2.93. The quantitative estimate of drug-likeness (QED) is 0.539. The van der Waals surface area contributed by atoms with Gasteiger partial charge < -0.3 is 10.1 Å². The van der Waals surface area contributed by atoms with Crippen molar-refractivity contribution in [2.24, 2.45) is 0 Å². The molecule has 2 nitrogen and oxygen atoms in total. The Morgan fingerprint density at radius 1 is 1.67 bits per heavy atom. The molecule has 1 N–H and O–H groups in total. The van der Waals surface area contributed by atoms with E-state index in [1.54, 1.807) is 0 Å². The fourth-order valence-corrected chi connectivity index (χ4v) is 2.42. The molecule has 0 aromatic rings. The van der Waals surface area contributed by atoms with Crippen molar-refractivity contribution in [2.75, 3.05) is 6.54 Å². The van der Waals surface area contributed by atoms with Crippen LogP contribution in [0.25, 0.3) is 0 Å². The number of rotatable bonds is 0. The summed E-state index contributed by atoms with van der Waals surface area (Å²) in [4.78, 5) is 0. The van der Waals surface area contributed by atoms with Gasteiger partial charge in [-0.2, -0.15) is 0 Å². The average molecular weight is 163 g/mol. The first kappa shape index (κ1) is 6.87. The lowest BCUT2D eigenvalue weighted by molar-refractivity contribution is 0.329. The molecule has 2 heterocycles. The van der Waals surface area contributed by atoms with Gasteiger partial charge in [-0.15, -0.1) is 0 Å². The zero-order valence-electron chi connectivity index (χ0n) is 7.21. The molecule has 12 heavy (non-hydrogen) atoms. The summed E-state index contributed by atoms with van der Waals surface area (Å²) in [5.74, 6) is 0. The molecule has 3 aliphatic rings. The van der Waals surface area contributed by atoms with Gasteiger partial charge in [0.15, 0.2) is 0 Å². The first-order valence-electron chi connectivity index (χ1n) is 4.67. The van der Waals surface area contributed by atoms with E-state index < -0.39 is 0 Å². The van der Waals surface area contributed by atoms with Crippen LogP contribution in [0.15, 0.2) is 23.3 Å². The number of fused-ring (bicyclic) bond motifs is 3. The van der Waals surface area contributed by atoms with Crippen LogP contribution in [-0.2, 0) is 4.74 Å². The number of allylic oxidation sites excluding steroid dienone is 1. The molecule has 0 radical (unpaired) electrons. The van der Waals surface area contributed by atoms with Crippen LogP contribution >= 0.6 is 0 Å². The molecule has 3 atom stereocenters. The Morgan fingerprint density at radius 3 is 3.42 bits per heavy atom. The highest BCUT2D eigenvalue weighted by Crippen LogP contribution is 2.47. The Morgan fingerprint density at radius 2 is 2.58 bits per heavy atom. The van der Waals surface area contributed by atoms with E-state index >= 15 is 0 Å². The summed E-state index contributed by atoms with van der Waals surface area (Å²) < 4.78 is 5.55. The summed E-state index contributed by atoms with van der Waals surface area (Å²) in [6.45, 7) is 3.21. The SMILES string of the molecule is C/C=C1/C2=CCCNC2C2OC12. The first-order valence-corrected chi connectivity index (χ1v) is 4.67. The van der Waals surface area contributed by atoms with E-state index in [0.717, 1.165) is 6.54 Å². The van der Waals surface area contributed by atoms with Crippen molar-refractivity contribution >= 4 is 0 Å². The van der Waals surface area contributed by atoms with Gasteiger partial charge in [0.25, 0.3) is 0 Å². The highest BCUT2D eigenvalue weighted by Gasteiger charge is 2.56. The smallest absolute Gasteiger partial charge is 0.111 e. The highest BCUT2D eigenvalue weighted by atomic mass is 16.6. The van der Waals surface area contributed by atoms with Crippen LogP contribution in [0.1, 0.15) is 13.3 Å². The molecule has 0 spiro atoms. The second kappa shape index (κ2) is 2.21. The summed E-state index contributed by atoms with van der Waals surface area (Å²) in [6.07, 6.45) is 6.62. The van der Waals surface area contributed by atoms with Crippen molar-refractivity contribution in [1.29, 1.82) is 0 Å². The summed E-state index contributed by atoms with van der Waals surface area (Å²) in [5, 5.41) is 3.50. The topological polar surface area (TPSA) is 24.6 Å². The van der Waals surface area contributed by atoms with E-state index in [1.165, 1.54) is 17.6 Å². The molecular formula is C10H13NO. The van der Waals surface area contributed by atoms with Gasteiger partial charge in [-0.05, 0) is 31.0 Å². The van der Waals surface area contributed by atoms with E-state index in [-0.39, 0.29) is 0 Å². The van der Waals surface area contributed by atoms with Gasteiger partial charge in [0.1, 0.15) is 12.2 Å². The number of hydrogen-bond acceptors (Lipinski definition) is 2. The molecule has 0 bridgehead atoms. The fraction of sp³-hybridized carbons (Fsp3) is 0.600. The third-order valence-corrected chi connectivity index (χ3v) is 3.01. The molecular weight excluding hydrogens is 150 g/mol. The van der Waals surface area contributed by atoms with E-state index in [4.69, 9.17) is 4.74 Å². The summed E-state index contributed by atoms with van der Waals surface area (Å²) in [6, 6.07) is 0.509. The number of ether oxygens (including phenoxy) is 1. The lowest BCUT2D eigenvalue weighted by Crippen LogP contribution is -2.36. The summed E-state index contributed by atoms with van der Waals surface area (Å²) >= 11 is 0. The van der Waals surface area contributed by atoms with Gasteiger partial charge in [0.05, 0.1) is 6.04 Å². The molecule has 3 rings (SSSR count). The predicted octanol–water partition coefficient (Wildman–Crippen LogP) is 1.00. The maximum absolute atomic E-state index is 5.55. The second-order valence-electron chi connectivity index (χ2n) is 3.65. The Balaban J connectivity index is 2.03. The largest absolute Gasteiger partial charge is 0.362 e. The fourth-order valence-electron chi connectivity index (χ4n) is 2.42. The van der Waals surface area contributed by atoms with Crippen molar-refractivity contribution in [3.8, 4) is 0 Å². The maximum Gasteiger partial charge on any atom is 0.111 e. The van der Waals surface area contributed by atoms with Crippen molar-refractivity contribution in [1.82, 2.24) is 5.32 Å². The van der Waals surface area contributed by atoms with Gasteiger partial charge in [0, 0.05) is 0 Å². The zero-order valence-corrected chi connectivity index (χ0v) is 7.21. The second-order valence-corrected chi connectivity index (χ2v) is 3.65. The van der Waals surface area contributed by atoms with Gasteiger partial charge >= 0.3 is 0 Å². The molecule has 2 fully saturated rings. The standard InChI is InChI=1S/C10H13NO/c1-2-6-7-4-3-5-11-8(7)10-9(6)12-10/h2,4,8-11H,3,5H2,1H3/b6-2-. The molecule has 1 saturated heterocycles. The average Bonchev–Trinajstić information content (AvgIpc) is 2.83. The highest BCUT2D eigenvalue weighted by molar-refractivity contribution is 5.50. The van der Waals surface area contributed by atoms with E-state index in [9.17, 15) is 0 Å². The van der Waals surface area contributed by atoms with Crippen molar-refractivity contribution in [2.45, 2.75) is 31.6 Å². The van der Waals surface area contributed by atoms with Crippen molar-refractivity contribution < 1.29 is 4.74 Å². The third-order valence-electron chi connectivity index (χ3n) is 3.01. The molecule has 1 saturated carbocycles. The lowest BCUT2D eigenvalue weighted by Gasteiger charge is -2.21. The maximum atomic E-state index is 5.55. The molecule has 0 aromatic carbocycles. The molecule has 64 valence electrons. The van der Waals surface area contributed by atoms with Gasteiger partial charge in [0.2, 0.25) is 0 Å². The molecule has 2 aliphatic heterocycles. The Kier molecular flexibility index (Phi) is 1.26. The minimum Gasteiger partial charge on any atom is -0.362 e. The van der Waals surface area contributed by atoms with Crippen molar-refractivity contribution in [3.05, 3.63) is 23.3 Å². The number of hydrogen-bond donors (Lipinski definition) is 1. The van der Waals surface area contributed by atoms with E-state index in [2.05, 4.69) is 24.4 Å². The van der Waals surface area contributed by atoms with Crippen LogP contribution in [0.3, 0.4) is 0 Å². The minimum atomic E-state index is 0.428. The number of nitrogens with one attached hydrogen (secondary N) is 1. The Hall–Kier alpha value is -0.600. The minimum absolute atomic E-state index is 0.428. The Bertz CT molecular complexity index is 280. The van der Waals surface area contributed by atoms with Crippen LogP contribution < -0.4 is 5.32 Å². The molecule has 2 heteroatoms. The van der Waals surface area contributed by atoms with Crippen LogP contribution in [0.5, 0.6) is 0 Å². The lowest BCUT2D eigenvalue weighted by atomic mass is 10.0. The van der Waals surface area contributed by atoms with Gasteiger partial charge in [-0.25, -0.2) is 0 Å². The van der Waals surface area contributed by atoms with Crippen molar-refractivity contribution in [3.63, 3.8) is 0 Å². The van der Waals surface area contributed by atoms with E-state index in [1.807, 2.05) is 0 Å². The number of epoxide rings is 1. The molecule has 3 unspecified atom stereocenters. The van der Waals surface area contributed by atoms with Gasteiger partial charge in [-0.3, -0.25) is 0 Å². The van der Waals surface area contributed by atoms with Crippen LogP contribution in [0, 0.1) is 0 Å². The first-order chi connectivity index (χ1) is 5.92. The predicted molar refractivity (Wildman–Crippen MR) is 46.9 cm³/mol. The molecule has 1 aliphatic carbocycles. The van der Waals surface area contributed by atoms with E-state index in [0.29, 0.717) is 18.2 Å². The van der Waals surface area contributed by atoms with Crippen LogP contribution in [0.4, 0.5) is 0 Å². The molecule has 0 aromatic heterocycles. The zero-order chi connectivity index (χ0) is 8.13. The molecule has 0 amide bonds. The Labute approximate surface area is 72.3 Å². The van der Waals surface area contributed by atoms with Crippen LogP contribution in [0.2, 0.25) is 0 Å². The van der Waals surface area contributed by atoms with Crippen LogP contribution in [-0.4, -0.2) is 24.8 Å². The third kappa shape index (κ3) is 0.718. The van der Waals surface area contributed by atoms with Gasteiger partial charge in [-0.1, -0.05) is 12.2 Å². The monoisotopic (exact) mass is 163 g/mol. The summed E-state index contributed by atoms with van der Waals surface area (Å²) in [7, 11) is 0.